The number of carboxylic acid groups (broad SMARTS) is 1. The third-order valence-electron chi connectivity index (χ3n) is 3.90. The van der Waals surface area contributed by atoms with Gasteiger partial charge in [0.25, 0.3) is 0 Å². The Bertz CT molecular complexity index is 495. The fraction of sp³-hybridized carbons (Fsp3) is 0.533. The van der Waals surface area contributed by atoms with Crippen molar-refractivity contribution >= 4 is 6.09 Å². The highest BCUT2D eigenvalue weighted by molar-refractivity contribution is 5.66. The molecule has 1 fully saturated rings. The van der Waals surface area contributed by atoms with Crippen LogP contribution in [0.3, 0.4) is 0 Å². The number of aliphatic hydroxyl groups is 1. The summed E-state index contributed by atoms with van der Waals surface area (Å²) >= 11 is 0. The molecule has 0 saturated carbocycles. The Kier molecular flexibility index (Phi) is 3.73. The molecule has 0 aromatic heterocycles. The summed E-state index contributed by atoms with van der Waals surface area (Å²) in [5.41, 5.74) is 0.393. The average molecular weight is 281 g/mol. The molecule has 1 aromatic rings. The lowest BCUT2D eigenvalue weighted by Crippen LogP contribution is -2.47. The molecule has 0 bridgehead atoms. The van der Waals surface area contributed by atoms with Crippen molar-refractivity contribution in [2.45, 2.75) is 38.8 Å². The van der Waals surface area contributed by atoms with Gasteiger partial charge in [-0.15, -0.1) is 0 Å². The van der Waals surface area contributed by atoms with Crippen LogP contribution in [0.4, 0.5) is 9.18 Å². The van der Waals surface area contributed by atoms with Crippen LogP contribution >= 0.6 is 0 Å². The molecule has 1 aliphatic rings. The van der Waals surface area contributed by atoms with Crippen molar-refractivity contribution in [3.63, 3.8) is 0 Å². The van der Waals surface area contributed by atoms with Gasteiger partial charge in [-0.3, -0.25) is 0 Å². The summed E-state index contributed by atoms with van der Waals surface area (Å²) in [4.78, 5) is 12.7. The van der Waals surface area contributed by atoms with Gasteiger partial charge in [0, 0.05) is 12.5 Å². The highest BCUT2D eigenvalue weighted by atomic mass is 19.1. The summed E-state index contributed by atoms with van der Waals surface area (Å²) in [6.07, 6.45) is -1.83. The summed E-state index contributed by atoms with van der Waals surface area (Å²) in [5.74, 6) is -0.667. The standard InChI is InChI=1S/C15H20FNO3/c1-15(2,3)13-12(18)11(8-17(13)14(19)20)9-4-6-10(16)7-5-9/h4-7,11-13,18H,8H2,1-3H3,(H,19,20). The maximum Gasteiger partial charge on any atom is 0.407 e. The van der Waals surface area contributed by atoms with Crippen LogP contribution in [-0.2, 0) is 0 Å². The summed E-state index contributed by atoms with van der Waals surface area (Å²) in [6, 6.07) is 5.40. The molecule has 1 heterocycles. The van der Waals surface area contributed by atoms with Crippen molar-refractivity contribution in [2.24, 2.45) is 5.41 Å². The van der Waals surface area contributed by atoms with Crippen molar-refractivity contribution < 1.29 is 19.4 Å². The lowest BCUT2D eigenvalue weighted by Gasteiger charge is -2.35. The largest absolute Gasteiger partial charge is 0.465 e. The molecule has 3 unspecified atom stereocenters. The smallest absolute Gasteiger partial charge is 0.407 e. The first-order valence-corrected chi connectivity index (χ1v) is 6.65. The van der Waals surface area contributed by atoms with Crippen molar-refractivity contribution in [1.82, 2.24) is 4.90 Å². The first-order chi connectivity index (χ1) is 9.21. The zero-order valence-corrected chi connectivity index (χ0v) is 11.9. The van der Waals surface area contributed by atoms with Crippen molar-refractivity contribution in [1.29, 1.82) is 0 Å². The SMILES string of the molecule is CC(C)(C)C1C(O)C(c2ccc(F)cc2)CN1C(=O)O. The predicted octanol–water partition coefficient (Wildman–Crippen LogP) is 2.68. The summed E-state index contributed by atoms with van der Waals surface area (Å²) in [6.45, 7) is 5.95. The molecule has 20 heavy (non-hydrogen) atoms. The number of likely N-dealkylation sites (tertiary alicyclic amines) is 1. The van der Waals surface area contributed by atoms with Crippen LogP contribution in [0.2, 0.25) is 0 Å². The fourth-order valence-corrected chi connectivity index (χ4v) is 3.03. The molecule has 1 amide bonds. The first kappa shape index (κ1) is 14.8. The lowest BCUT2D eigenvalue weighted by molar-refractivity contribution is 0.0424. The number of benzene rings is 1. The average Bonchev–Trinajstić information content (AvgIpc) is 2.68. The van der Waals surface area contributed by atoms with E-state index in [0.717, 1.165) is 5.56 Å². The molecule has 1 aromatic carbocycles. The molecule has 2 rings (SSSR count). The van der Waals surface area contributed by atoms with E-state index in [4.69, 9.17) is 0 Å². The van der Waals surface area contributed by atoms with Gasteiger partial charge in [-0.1, -0.05) is 32.9 Å². The molecule has 110 valence electrons. The lowest BCUT2D eigenvalue weighted by atomic mass is 9.80. The van der Waals surface area contributed by atoms with Gasteiger partial charge in [-0.25, -0.2) is 9.18 Å². The van der Waals surface area contributed by atoms with E-state index in [1.807, 2.05) is 20.8 Å². The first-order valence-electron chi connectivity index (χ1n) is 6.65. The molecule has 5 heteroatoms. The third-order valence-corrected chi connectivity index (χ3v) is 3.90. The highest BCUT2D eigenvalue weighted by Crippen LogP contribution is 2.40. The van der Waals surface area contributed by atoms with E-state index in [2.05, 4.69) is 0 Å². The number of amides is 1. The van der Waals surface area contributed by atoms with Gasteiger partial charge in [0.2, 0.25) is 0 Å². The normalized spacial score (nSPS) is 26.9. The quantitative estimate of drug-likeness (QED) is 0.832. The maximum absolute atomic E-state index is 13.0. The second-order valence-corrected chi connectivity index (χ2v) is 6.39. The number of hydrogen-bond acceptors (Lipinski definition) is 2. The van der Waals surface area contributed by atoms with Crippen LogP contribution in [0.5, 0.6) is 0 Å². The summed E-state index contributed by atoms with van der Waals surface area (Å²) < 4.78 is 13.0. The van der Waals surface area contributed by atoms with Crippen LogP contribution in [-0.4, -0.2) is 39.9 Å². The summed E-state index contributed by atoms with van der Waals surface area (Å²) in [7, 11) is 0. The Balaban J connectivity index is 2.34. The number of hydrogen-bond donors (Lipinski definition) is 2. The van der Waals surface area contributed by atoms with E-state index < -0.39 is 18.2 Å². The van der Waals surface area contributed by atoms with Gasteiger partial charge < -0.3 is 15.1 Å². The van der Waals surface area contributed by atoms with Crippen LogP contribution in [0, 0.1) is 11.2 Å². The molecule has 0 radical (unpaired) electrons. The highest BCUT2D eigenvalue weighted by Gasteiger charge is 2.48. The summed E-state index contributed by atoms with van der Waals surface area (Å²) in [5, 5.41) is 19.9. The second kappa shape index (κ2) is 5.05. The zero-order chi connectivity index (χ0) is 15.1. The van der Waals surface area contributed by atoms with Crippen LogP contribution < -0.4 is 0 Å². The van der Waals surface area contributed by atoms with Gasteiger partial charge in [-0.2, -0.15) is 0 Å². The molecular formula is C15H20FNO3. The minimum absolute atomic E-state index is 0.226. The van der Waals surface area contributed by atoms with Crippen molar-refractivity contribution in [3.05, 3.63) is 35.6 Å². The van der Waals surface area contributed by atoms with E-state index in [-0.39, 0.29) is 23.7 Å². The fourth-order valence-electron chi connectivity index (χ4n) is 3.03. The van der Waals surface area contributed by atoms with Gasteiger partial charge in [-0.05, 0) is 23.1 Å². The Morgan fingerprint density at radius 2 is 1.85 bits per heavy atom. The molecule has 0 aliphatic carbocycles. The minimum atomic E-state index is -1.03. The Morgan fingerprint density at radius 1 is 1.30 bits per heavy atom. The van der Waals surface area contributed by atoms with Gasteiger partial charge in [0.1, 0.15) is 5.82 Å². The van der Waals surface area contributed by atoms with Crippen molar-refractivity contribution in [3.8, 4) is 0 Å². The number of carbonyl (C=O) groups is 1. The van der Waals surface area contributed by atoms with E-state index in [9.17, 15) is 19.4 Å². The van der Waals surface area contributed by atoms with Crippen LogP contribution in [0.15, 0.2) is 24.3 Å². The third kappa shape index (κ3) is 2.63. The maximum atomic E-state index is 13.0. The second-order valence-electron chi connectivity index (χ2n) is 6.39. The minimum Gasteiger partial charge on any atom is -0.465 e. The van der Waals surface area contributed by atoms with Crippen LogP contribution in [0.1, 0.15) is 32.3 Å². The number of rotatable bonds is 1. The molecule has 3 atom stereocenters. The Morgan fingerprint density at radius 3 is 2.25 bits per heavy atom. The number of halogens is 1. The number of nitrogens with zero attached hydrogens (tertiary/aromatic N) is 1. The molecule has 1 aliphatic heterocycles. The Hall–Kier alpha value is -1.62. The van der Waals surface area contributed by atoms with E-state index in [1.165, 1.54) is 17.0 Å². The van der Waals surface area contributed by atoms with Gasteiger partial charge in [0.15, 0.2) is 0 Å². The van der Waals surface area contributed by atoms with Crippen molar-refractivity contribution in [2.75, 3.05) is 6.54 Å². The van der Waals surface area contributed by atoms with E-state index >= 15 is 0 Å². The number of aliphatic hydroxyl groups excluding tert-OH is 1. The van der Waals surface area contributed by atoms with E-state index in [0.29, 0.717) is 0 Å². The topological polar surface area (TPSA) is 60.8 Å². The zero-order valence-electron chi connectivity index (χ0n) is 11.9. The molecule has 4 nitrogen and oxygen atoms in total. The van der Waals surface area contributed by atoms with E-state index in [1.54, 1.807) is 12.1 Å². The monoisotopic (exact) mass is 281 g/mol. The van der Waals surface area contributed by atoms with Gasteiger partial charge in [0.05, 0.1) is 12.1 Å². The predicted molar refractivity (Wildman–Crippen MR) is 73.1 cm³/mol. The molecule has 1 saturated heterocycles. The van der Waals surface area contributed by atoms with Crippen LogP contribution in [0.25, 0.3) is 0 Å². The van der Waals surface area contributed by atoms with Gasteiger partial charge >= 0.3 is 6.09 Å². The molecular weight excluding hydrogens is 261 g/mol. The molecule has 0 spiro atoms. The molecule has 2 N–H and O–H groups in total. The Labute approximate surface area is 117 Å².